The Morgan fingerprint density at radius 1 is 1.03 bits per heavy atom. The third kappa shape index (κ3) is 4.13. The van der Waals surface area contributed by atoms with Crippen LogP contribution in [0.2, 0.25) is 5.02 Å². The highest BCUT2D eigenvalue weighted by Crippen LogP contribution is 2.37. The van der Waals surface area contributed by atoms with E-state index in [0.29, 0.717) is 16.5 Å². The van der Waals surface area contributed by atoms with Crippen molar-refractivity contribution in [2.24, 2.45) is 0 Å². The fourth-order valence-electron chi connectivity index (χ4n) is 2.91. The van der Waals surface area contributed by atoms with Gasteiger partial charge in [-0.15, -0.1) is 11.3 Å². The zero-order valence-electron chi connectivity index (χ0n) is 15.6. The summed E-state index contributed by atoms with van der Waals surface area (Å²) in [5, 5.41) is 6.75. The molecule has 0 aliphatic rings. The van der Waals surface area contributed by atoms with Crippen LogP contribution < -0.4 is 10.0 Å². The normalized spacial score (nSPS) is 11.4. The summed E-state index contributed by atoms with van der Waals surface area (Å²) in [6.45, 7) is 1.15. The molecule has 2 aromatic carbocycles. The van der Waals surface area contributed by atoms with Gasteiger partial charge in [-0.05, 0) is 42.0 Å². The third-order valence-corrected chi connectivity index (χ3v) is 6.82. The van der Waals surface area contributed by atoms with Crippen molar-refractivity contribution in [2.75, 3.05) is 5.32 Å². The number of amides is 1. The van der Waals surface area contributed by atoms with Crippen LogP contribution in [0.3, 0.4) is 0 Å². The maximum Gasteiger partial charge on any atom is 0.264 e. The van der Waals surface area contributed by atoms with Crippen LogP contribution in [0, 0.1) is 0 Å². The molecule has 30 heavy (non-hydrogen) atoms. The number of hydrogen-bond donors (Lipinski definition) is 2. The largest absolute Gasteiger partial charge is 0.340 e. The van der Waals surface area contributed by atoms with Crippen molar-refractivity contribution < 1.29 is 13.2 Å². The first-order chi connectivity index (χ1) is 14.3. The van der Waals surface area contributed by atoms with Crippen LogP contribution in [0.4, 0.5) is 11.5 Å². The van der Waals surface area contributed by atoms with Gasteiger partial charge in [0.15, 0.2) is 0 Å². The average molecular weight is 459 g/mol. The van der Waals surface area contributed by atoms with Gasteiger partial charge in [-0.1, -0.05) is 23.7 Å². The standard InChI is InChI=1S/C20H15ClN4O3S2/c1-12(26)25-30(27,28)16-8-6-15(7-9-16)24-19-18-17(10-29-20(18)23-11-22-19)13-2-4-14(21)5-3-13/h2-11H,1H3,(H,25,26)(H,22,23,24). The molecule has 0 radical (unpaired) electrons. The Balaban J connectivity index is 1.68. The van der Waals surface area contributed by atoms with Gasteiger partial charge < -0.3 is 5.32 Å². The van der Waals surface area contributed by atoms with Crippen molar-refractivity contribution in [2.45, 2.75) is 11.8 Å². The zero-order valence-corrected chi connectivity index (χ0v) is 18.0. The van der Waals surface area contributed by atoms with Crippen LogP contribution in [-0.2, 0) is 14.8 Å². The highest BCUT2D eigenvalue weighted by molar-refractivity contribution is 7.90. The lowest BCUT2D eigenvalue weighted by Gasteiger charge is -2.10. The van der Waals surface area contributed by atoms with Gasteiger partial charge in [0, 0.05) is 28.6 Å². The second-order valence-corrected chi connectivity index (χ2v) is 9.35. The van der Waals surface area contributed by atoms with Crippen LogP contribution in [0.25, 0.3) is 21.3 Å². The van der Waals surface area contributed by atoms with Crippen LogP contribution in [0.1, 0.15) is 6.92 Å². The quantitative estimate of drug-likeness (QED) is 0.454. The molecule has 0 atom stereocenters. The third-order valence-electron chi connectivity index (χ3n) is 4.23. The number of aromatic nitrogens is 2. The number of carbonyl (C=O) groups excluding carboxylic acids is 1. The van der Waals surface area contributed by atoms with Gasteiger partial charge in [0.05, 0.1) is 10.3 Å². The molecule has 0 aliphatic carbocycles. The summed E-state index contributed by atoms with van der Waals surface area (Å²) in [5.74, 6) is -0.0450. The molecule has 4 rings (SSSR count). The number of rotatable bonds is 5. The number of halogens is 1. The van der Waals surface area contributed by atoms with E-state index in [0.717, 1.165) is 28.3 Å². The number of benzene rings is 2. The molecule has 1 amide bonds. The topological polar surface area (TPSA) is 101 Å². The van der Waals surface area contributed by atoms with E-state index in [2.05, 4.69) is 15.3 Å². The smallest absolute Gasteiger partial charge is 0.264 e. The molecular weight excluding hydrogens is 444 g/mol. The number of anilines is 2. The average Bonchev–Trinajstić information content (AvgIpc) is 3.13. The molecule has 152 valence electrons. The Labute approximate surface area is 181 Å². The number of nitrogens with zero attached hydrogens (tertiary/aromatic N) is 2. The number of hydrogen-bond acceptors (Lipinski definition) is 7. The summed E-state index contributed by atoms with van der Waals surface area (Å²) < 4.78 is 26.1. The number of nitrogens with one attached hydrogen (secondary N) is 2. The molecule has 0 saturated carbocycles. The molecule has 10 heteroatoms. The second-order valence-electron chi connectivity index (χ2n) is 6.37. The molecule has 0 fully saturated rings. The van der Waals surface area contributed by atoms with E-state index < -0.39 is 15.9 Å². The molecule has 7 nitrogen and oxygen atoms in total. The molecule has 0 spiro atoms. The first-order valence-electron chi connectivity index (χ1n) is 8.72. The van der Waals surface area contributed by atoms with E-state index in [4.69, 9.17) is 11.6 Å². The van der Waals surface area contributed by atoms with Gasteiger partial charge in [0.25, 0.3) is 10.0 Å². The molecule has 4 aromatic rings. The van der Waals surface area contributed by atoms with Gasteiger partial charge in [-0.2, -0.15) is 0 Å². The Morgan fingerprint density at radius 3 is 2.40 bits per heavy atom. The summed E-state index contributed by atoms with van der Waals surface area (Å²) in [6, 6.07) is 13.6. The first-order valence-corrected chi connectivity index (χ1v) is 11.5. The monoisotopic (exact) mass is 458 g/mol. The van der Waals surface area contributed by atoms with Crippen molar-refractivity contribution >= 4 is 60.6 Å². The Morgan fingerprint density at radius 2 is 1.73 bits per heavy atom. The lowest BCUT2D eigenvalue weighted by molar-refractivity contribution is -0.117. The van der Waals surface area contributed by atoms with E-state index >= 15 is 0 Å². The van der Waals surface area contributed by atoms with Crippen LogP contribution in [0.15, 0.2) is 65.1 Å². The number of fused-ring (bicyclic) bond motifs is 1. The SMILES string of the molecule is CC(=O)NS(=O)(=O)c1ccc(Nc2ncnc3scc(-c4ccc(Cl)cc4)c23)cc1. The maximum atomic E-state index is 12.1. The van der Waals surface area contributed by atoms with Crippen molar-refractivity contribution in [1.29, 1.82) is 0 Å². The first kappa shape index (κ1) is 20.3. The molecule has 0 aliphatic heterocycles. The second kappa shape index (κ2) is 8.02. The predicted molar refractivity (Wildman–Crippen MR) is 119 cm³/mol. The summed E-state index contributed by atoms with van der Waals surface area (Å²) in [6.07, 6.45) is 1.47. The van der Waals surface area contributed by atoms with E-state index in [1.165, 1.54) is 29.8 Å². The van der Waals surface area contributed by atoms with Crippen LogP contribution in [0.5, 0.6) is 0 Å². The van der Waals surface area contributed by atoms with E-state index in [1.54, 1.807) is 12.1 Å². The van der Waals surface area contributed by atoms with Crippen LogP contribution in [-0.4, -0.2) is 24.3 Å². The van der Waals surface area contributed by atoms with E-state index in [9.17, 15) is 13.2 Å². The summed E-state index contributed by atoms with van der Waals surface area (Å²) in [4.78, 5) is 20.6. The highest BCUT2D eigenvalue weighted by Gasteiger charge is 2.16. The fourth-order valence-corrected chi connectivity index (χ4v) is 4.95. The van der Waals surface area contributed by atoms with Crippen molar-refractivity contribution in [3.05, 3.63) is 65.3 Å². The maximum absolute atomic E-state index is 12.1. The Kier molecular flexibility index (Phi) is 5.42. The molecule has 0 unspecified atom stereocenters. The molecule has 2 N–H and O–H groups in total. The molecule has 0 bridgehead atoms. The molecule has 2 aromatic heterocycles. The van der Waals surface area contributed by atoms with Gasteiger partial charge in [0.1, 0.15) is 17.0 Å². The molecule has 0 saturated heterocycles. The van der Waals surface area contributed by atoms with Gasteiger partial charge in [-0.3, -0.25) is 4.79 Å². The van der Waals surface area contributed by atoms with Crippen molar-refractivity contribution in [3.63, 3.8) is 0 Å². The minimum absolute atomic E-state index is 0.00605. The van der Waals surface area contributed by atoms with E-state index in [-0.39, 0.29) is 4.90 Å². The number of carbonyl (C=O) groups is 1. The number of thiophene rings is 1. The van der Waals surface area contributed by atoms with Crippen molar-refractivity contribution in [1.82, 2.24) is 14.7 Å². The summed E-state index contributed by atoms with van der Waals surface area (Å²) in [7, 11) is -3.88. The van der Waals surface area contributed by atoms with Crippen LogP contribution >= 0.6 is 22.9 Å². The van der Waals surface area contributed by atoms with Gasteiger partial charge >= 0.3 is 0 Å². The summed E-state index contributed by atoms with van der Waals surface area (Å²) >= 11 is 7.51. The minimum Gasteiger partial charge on any atom is -0.340 e. The predicted octanol–water partition coefficient (Wildman–Crippen LogP) is 4.58. The fraction of sp³-hybridized carbons (Fsp3) is 0.0500. The number of sulfonamides is 1. The molecule has 2 heterocycles. The summed E-state index contributed by atoms with van der Waals surface area (Å²) in [5.41, 5.74) is 2.60. The Hall–Kier alpha value is -3.01. The lowest BCUT2D eigenvalue weighted by Crippen LogP contribution is -2.28. The van der Waals surface area contributed by atoms with E-state index in [1.807, 2.05) is 34.4 Å². The Bertz CT molecular complexity index is 1340. The van der Waals surface area contributed by atoms with Gasteiger partial charge in [-0.25, -0.2) is 23.1 Å². The minimum atomic E-state index is -3.88. The van der Waals surface area contributed by atoms with Gasteiger partial charge in [0.2, 0.25) is 5.91 Å². The zero-order chi connectivity index (χ0) is 21.3. The highest BCUT2D eigenvalue weighted by atomic mass is 35.5. The van der Waals surface area contributed by atoms with Crippen molar-refractivity contribution in [3.8, 4) is 11.1 Å². The lowest BCUT2D eigenvalue weighted by atomic mass is 10.1. The molecular formula is C20H15ClN4O3S2.